The minimum atomic E-state index is 1.17. The van der Waals surface area contributed by atoms with Crippen molar-refractivity contribution < 1.29 is 0 Å². The van der Waals surface area contributed by atoms with Crippen LogP contribution in [-0.4, -0.2) is 27.9 Å². The van der Waals surface area contributed by atoms with Crippen LogP contribution in [0.1, 0.15) is 37.5 Å². The van der Waals surface area contributed by atoms with Gasteiger partial charge in [-0.05, 0) is 0 Å². The van der Waals surface area contributed by atoms with Crippen LogP contribution in [0.25, 0.3) is 0 Å². The van der Waals surface area contributed by atoms with E-state index in [0.29, 0.717) is 0 Å². The zero-order valence-corrected chi connectivity index (χ0v) is 11.3. The fraction of sp³-hybridized carbons (Fsp3) is 0.500. The molecule has 0 radical (unpaired) electrons. The van der Waals surface area contributed by atoms with Gasteiger partial charge in [-0.3, -0.25) is 0 Å². The number of benzene rings is 1. The van der Waals surface area contributed by atoms with Crippen LogP contribution in [0.2, 0.25) is 0 Å². The van der Waals surface area contributed by atoms with Crippen molar-refractivity contribution in [1.82, 2.24) is 0 Å². The van der Waals surface area contributed by atoms with E-state index in [1.54, 1.807) is 13.9 Å². The Morgan fingerprint density at radius 2 is 1.38 bits per heavy atom. The quantitative estimate of drug-likeness (QED) is 0.631. The second-order valence-electron chi connectivity index (χ2n) is 3.60. The Morgan fingerprint density at radius 3 is 1.69 bits per heavy atom. The number of rotatable bonds is 3. The summed E-state index contributed by atoms with van der Waals surface area (Å²) in [6, 6.07) is 4.78. The molecular formula is C12H17Na. The molecule has 0 fully saturated rings. The van der Waals surface area contributed by atoms with Crippen molar-refractivity contribution in [2.24, 2.45) is 0 Å². The van der Waals surface area contributed by atoms with Crippen molar-refractivity contribution in [2.75, 3.05) is 0 Å². The third-order valence-corrected chi connectivity index (χ3v) is 4.14. The number of hydrogen-bond acceptors (Lipinski definition) is 0. The first-order chi connectivity index (χ1) is 6.22. The van der Waals surface area contributed by atoms with Crippen LogP contribution in [0.15, 0.2) is 12.1 Å². The minimum absolute atomic E-state index is 1.17. The molecule has 0 aromatic heterocycles. The van der Waals surface area contributed by atoms with Gasteiger partial charge < -0.3 is 0 Å². The van der Waals surface area contributed by atoms with Gasteiger partial charge in [-0.25, -0.2) is 0 Å². The molecular weight excluding hydrogens is 167 g/mol. The van der Waals surface area contributed by atoms with Crippen LogP contribution in [0.3, 0.4) is 0 Å². The Morgan fingerprint density at radius 1 is 0.923 bits per heavy atom. The Kier molecular flexibility index (Phi) is 4.51. The van der Waals surface area contributed by atoms with Crippen LogP contribution in [0.4, 0.5) is 0 Å². The van der Waals surface area contributed by atoms with E-state index in [4.69, 9.17) is 0 Å². The van der Waals surface area contributed by atoms with E-state index in [9.17, 15) is 0 Å². The van der Waals surface area contributed by atoms with E-state index in [-0.39, 0.29) is 0 Å². The SMILES string of the molecule is CCc1cc(CC)[c]([Na])c(CC)c1. The molecule has 0 aliphatic carbocycles. The zero-order valence-electron chi connectivity index (χ0n) is 9.28. The Balaban J connectivity index is 3.20. The summed E-state index contributed by atoms with van der Waals surface area (Å²) in [5.41, 5.74) is 4.68. The molecule has 1 aromatic rings. The van der Waals surface area contributed by atoms with Crippen molar-refractivity contribution in [1.29, 1.82) is 0 Å². The second-order valence-corrected chi connectivity index (χ2v) is 4.60. The fourth-order valence-corrected chi connectivity index (χ4v) is 2.85. The molecule has 0 atom stereocenters. The summed E-state index contributed by atoms with van der Waals surface area (Å²) in [6.45, 7) is 6.76. The molecule has 0 amide bonds. The van der Waals surface area contributed by atoms with Gasteiger partial charge in [0.05, 0.1) is 0 Å². The average Bonchev–Trinajstić information content (AvgIpc) is 2.18. The van der Waals surface area contributed by atoms with E-state index in [1.165, 1.54) is 52.8 Å². The van der Waals surface area contributed by atoms with Crippen LogP contribution in [-0.2, 0) is 19.3 Å². The van der Waals surface area contributed by atoms with Crippen molar-refractivity contribution in [3.8, 4) is 0 Å². The molecule has 1 rings (SSSR count). The van der Waals surface area contributed by atoms with Crippen LogP contribution in [0.5, 0.6) is 0 Å². The summed E-state index contributed by atoms with van der Waals surface area (Å²) >= 11 is 1.20. The summed E-state index contributed by atoms with van der Waals surface area (Å²) in [4.78, 5) is 0. The first kappa shape index (κ1) is 11.3. The van der Waals surface area contributed by atoms with Crippen LogP contribution >= 0.6 is 0 Å². The van der Waals surface area contributed by atoms with Crippen molar-refractivity contribution >= 4 is 30.7 Å². The molecule has 66 valence electrons. The van der Waals surface area contributed by atoms with Crippen LogP contribution in [0, 0.1) is 0 Å². The van der Waals surface area contributed by atoms with Gasteiger partial charge in [0.25, 0.3) is 0 Å². The number of aryl methyl sites for hydroxylation is 3. The van der Waals surface area contributed by atoms with Gasteiger partial charge >= 0.3 is 99.6 Å². The summed E-state index contributed by atoms with van der Waals surface area (Å²) in [5, 5.41) is 0. The standard InChI is InChI=1S/C12H17.Na/c1-4-10-7-11(5-2)9-12(6-3)8-10;/h7-8H,4-6H2,1-3H3;. The second kappa shape index (κ2) is 5.19. The first-order valence-corrected chi connectivity index (χ1v) is 6.34. The normalized spacial score (nSPS) is 10.5. The summed E-state index contributed by atoms with van der Waals surface area (Å²) in [6.07, 6.45) is 3.56. The molecule has 0 aliphatic heterocycles. The summed E-state index contributed by atoms with van der Waals surface area (Å²) in [5.74, 6) is 0. The fourth-order valence-electron chi connectivity index (χ4n) is 1.85. The molecule has 0 saturated carbocycles. The molecule has 0 spiro atoms. The van der Waals surface area contributed by atoms with E-state index >= 15 is 0 Å². The van der Waals surface area contributed by atoms with Gasteiger partial charge in [-0.15, -0.1) is 0 Å². The Labute approximate surface area is 99.2 Å². The predicted molar refractivity (Wildman–Crippen MR) is 60.0 cm³/mol. The molecule has 0 N–H and O–H groups in total. The third-order valence-electron chi connectivity index (χ3n) is 2.85. The van der Waals surface area contributed by atoms with E-state index in [0.717, 1.165) is 0 Å². The average molecular weight is 184 g/mol. The maximum absolute atomic E-state index is 2.39. The maximum atomic E-state index is 2.39. The molecule has 0 nitrogen and oxygen atoms in total. The van der Waals surface area contributed by atoms with Gasteiger partial charge in [-0.1, -0.05) is 0 Å². The zero-order chi connectivity index (χ0) is 9.84. The van der Waals surface area contributed by atoms with Crippen molar-refractivity contribution in [2.45, 2.75) is 40.0 Å². The van der Waals surface area contributed by atoms with E-state index < -0.39 is 0 Å². The molecule has 0 aliphatic rings. The first-order valence-electron chi connectivity index (χ1n) is 5.34. The van der Waals surface area contributed by atoms with Crippen LogP contribution < -0.4 is 2.81 Å². The van der Waals surface area contributed by atoms with Gasteiger partial charge in [0.2, 0.25) is 0 Å². The predicted octanol–water partition coefficient (Wildman–Crippen LogP) is 2.17. The Bertz CT molecular complexity index is 264. The molecule has 1 aromatic carbocycles. The molecule has 13 heavy (non-hydrogen) atoms. The summed E-state index contributed by atoms with van der Waals surface area (Å²) in [7, 11) is 0. The molecule has 1 heteroatoms. The Hall–Kier alpha value is 0.220. The summed E-state index contributed by atoms with van der Waals surface area (Å²) < 4.78 is 1.64. The van der Waals surface area contributed by atoms with Gasteiger partial charge in [-0.2, -0.15) is 0 Å². The third kappa shape index (κ3) is 2.59. The van der Waals surface area contributed by atoms with Crippen molar-refractivity contribution in [3.05, 3.63) is 28.8 Å². The topological polar surface area (TPSA) is 0 Å². The molecule has 0 saturated heterocycles. The monoisotopic (exact) mass is 184 g/mol. The molecule has 0 bridgehead atoms. The molecule has 0 heterocycles. The van der Waals surface area contributed by atoms with Gasteiger partial charge in [0, 0.05) is 0 Å². The van der Waals surface area contributed by atoms with Gasteiger partial charge in [0.15, 0.2) is 0 Å². The van der Waals surface area contributed by atoms with Gasteiger partial charge in [0.1, 0.15) is 0 Å². The van der Waals surface area contributed by atoms with Crippen molar-refractivity contribution in [3.63, 3.8) is 0 Å². The van der Waals surface area contributed by atoms with E-state index in [1.807, 2.05) is 0 Å². The van der Waals surface area contributed by atoms with E-state index in [2.05, 4.69) is 32.9 Å². The molecule has 0 unspecified atom stereocenters. The number of hydrogen-bond donors (Lipinski definition) is 0.